The second-order valence-corrected chi connectivity index (χ2v) is 4.78. The highest BCUT2D eigenvalue weighted by Crippen LogP contribution is 2.21. The Balaban J connectivity index is 2.14. The first-order chi connectivity index (χ1) is 6.66. The molecule has 74 valence electrons. The SMILES string of the molecule is C[N+]1(C)CC/C(=C/c2ccccc2)C1. The van der Waals surface area contributed by atoms with Gasteiger partial charge in [-0.15, -0.1) is 0 Å². The number of hydrogen-bond acceptors (Lipinski definition) is 0. The van der Waals surface area contributed by atoms with Gasteiger partial charge in [0.15, 0.2) is 0 Å². The van der Waals surface area contributed by atoms with Crippen LogP contribution in [0.1, 0.15) is 12.0 Å². The van der Waals surface area contributed by atoms with Crippen LogP contribution in [0.2, 0.25) is 0 Å². The molecule has 0 bridgehead atoms. The molecule has 14 heavy (non-hydrogen) atoms. The van der Waals surface area contributed by atoms with Crippen LogP contribution < -0.4 is 0 Å². The van der Waals surface area contributed by atoms with Gasteiger partial charge in [0.2, 0.25) is 0 Å². The van der Waals surface area contributed by atoms with Crippen molar-refractivity contribution in [3.8, 4) is 0 Å². The van der Waals surface area contributed by atoms with E-state index in [1.165, 1.54) is 25.1 Å². The van der Waals surface area contributed by atoms with Gasteiger partial charge in [-0.2, -0.15) is 0 Å². The fourth-order valence-corrected chi connectivity index (χ4v) is 2.06. The quantitative estimate of drug-likeness (QED) is 0.594. The summed E-state index contributed by atoms with van der Waals surface area (Å²) in [4.78, 5) is 0. The van der Waals surface area contributed by atoms with Crippen LogP contribution in [0.5, 0.6) is 0 Å². The lowest BCUT2D eigenvalue weighted by molar-refractivity contribution is -0.875. The fraction of sp³-hybridized carbons (Fsp3) is 0.385. The second-order valence-electron chi connectivity index (χ2n) is 4.78. The van der Waals surface area contributed by atoms with Gasteiger partial charge in [-0.25, -0.2) is 0 Å². The number of rotatable bonds is 1. The molecule has 1 aromatic carbocycles. The number of quaternary nitrogens is 1. The van der Waals surface area contributed by atoms with Gasteiger partial charge >= 0.3 is 0 Å². The van der Waals surface area contributed by atoms with Crippen LogP contribution in [0, 0.1) is 0 Å². The molecule has 0 radical (unpaired) electrons. The van der Waals surface area contributed by atoms with Gasteiger partial charge in [0.05, 0.1) is 20.6 Å². The van der Waals surface area contributed by atoms with Crippen LogP contribution in [-0.2, 0) is 0 Å². The maximum Gasteiger partial charge on any atom is 0.100 e. The topological polar surface area (TPSA) is 0 Å². The molecule has 1 aromatic rings. The third-order valence-corrected chi connectivity index (χ3v) is 2.84. The Morgan fingerprint density at radius 1 is 1.14 bits per heavy atom. The maximum atomic E-state index is 2.34. The largest absolute Gasteiger partial charge is 0.325 e. The molecular formula is C13H18N+. The summed E-state index contributed by atoms with van der Waals surface area (Å²) in [5.74, 6) is 0. The minimum Gasteiger partial charge on any atom is -0.325 e. The molecule has 0 aromatic heterocycles. The Kier molecular flexibility index (Phi) is 2.42. The lowest BCUT2D eigenvalue weighted by Gasteiger charge is -2.21. The van der Waals surface area contributed by atoms with E-state index < -0.39 is 0 Å². The zero-order chi connectivity index (χ0) is 10.0. The summed E-state index contributed by atoms with van der Waals surface area (Å²) in [7, 11) is 4.59. The molecule has 1 fully saturated rings. The van der Waals surface area contributed by atoms with Gasteiger partial charge in [-0.05, 0) is 17.2 Å². The van der Waals surface area contributed by atoms with E-state index in [9.17, 15) is 0 Å². The van der Waals surface area contributed by atoms with E-state index in [0.717, 1.165) is 4.48 Å². The average molecular weight is 188 g/mol. The number of benzene rings is 1. The van der Waals surface area contributed by atoms with Gasteiger partial charge < -0.3 is 4.48 Å². The molecule has 1 aliphatic rings. The predicted molar refractivity (Wildman–Crippen MR) is 60.9 cm³/mol. The Labute approximate surface area is 86.3 Å². The van der Waals surface area contributed by atoms with Crippen LogP contribution in [0.25, 0.3) is 6.08 Å². The molecule has 0 saturated carbocycles. The van der Waals surface area contributed by atoms with Crippen molar-refractivity contribution >= 4 is 6.08 Å². The van der Waals surface area contributed by atoms with E-state index in [4.69, 9.17) is 0 Å². The number of hydrogen-bond donors (Lipinski definition) is 0. The van der Waals surface area contributed by atoms with E-state index in [0.29, 0.717) is 0 Å². The summed E-state index contributed by atoms with van der Waals surface area (Å²) in [6, 6.07) is 10.6. The van der Waals surface area contributed by atoms with Crippen LogP contribution >= 0.6 is 0 Å². The van der Waals surface area contributed by atoms with Crippen molar-refractivity contribution in [2.24, 2.45) is 0 Å². The van der Waals surface area contributed by atoms with E-state index in [-0.39, 0.29) is 0 Å². The summed E-state index contributed by atoms with van der Waals surface area (Å²) < 4.78 is 1.14. The van der Waals surface area contributed by atoms with Crippen LogP contribution in [0.4, 0.5) is 0 Å². The van der Waals surface area contributed by atoms with Crippen molar-refractivity contribution in [2.45, 2.75) is 6.42 Å². The van der Waals surface area contributed by atoms with Gasteiger partial charge in [0.1, 0.15) is 6.54 Å². The molecule has 0 N–H and O–H groups in total. The summed E-state index contributed by atoms with van der Waals surface area (Å²) in [6.45, 7) is 2.48. The Bertz CT molecular complexity index is 336. The molecule has 1 aliphatic heterocycles. The minimum atomic E-state index is 1.14. The minimum absolute atomic E-state index is 1.14. The Morgan fingerprint density at radius 3 is 2.43 bits per heavy atom. The first-order valence-electron chi connectivity index (χ1n) is 5.22. The predicted octanol–water partition coefficient (Wildman–Crippen LogP) is 2.55. The highest BCUT2D eigenvalue weighted by atomic mass is 15.3. The zero-order valence-electron chi connectivity index (χ0n) is 9.03. The second kappa shape index (κ2) is 3.58. The molecule has 2 rings (SSSR count). The third kappa shape index (κ3) is 2.24. The average Bonchev–Trinajstić information content (AvgIpc) is 2.47. The highest BCUT2D eigenvalue weighted by molar-refractivity contribution is 5.53. The normalized spacial score (nSPS) is 22.9. The molecule has 0 amide bonds. The Morgan fingerprint density at radius 2 is 1.86 bits per heavy atom. The van der Waals surface area contributed by atoms with Crippen molar-refractivity contribution < 1.29 is 4.48 Å². The molecule has 0 atom stereocenters. The molecule has 1 saturated heterocycles. The summed E-state index contributed by atoms with van der Waals surface area (Å²) in [5.41, 5.74) is 2.92. The number of likely N-dealkylation sites (tertiary alicyclic amines) is 1. The van der Waals surface area contributed by atoms with Gasteiger partial charge in [-0.3, -0.25) is 0 Å². The smallest absolute Gasteiger partial charge is 0.100 e. The summed E-state index contributed by atoms with van der Waals surface area (Å²) >= 11 is 0. The number of likely N-dealkylation sites (N-methyl/N-ethyl adjacent to an activating group) is 1. The van der Waals surface area contributed by atoms with E-state index in [1.54, 1.807) is 5.57 Å². The van der Waals surface area contributed by atoms with E-state index in [1.807, 2.05) is 0 Å². The third-order valence-electron chi connectivity index (χ3n) is 2.84. The van der Waals surface area contributed by atoms with Gasteiger partial charge in [0, 0.05) is 6.42 Å². The van der Waals surface area contributed by atoms with Crippen LogP contribution in [-0.4, -0.2) is 31.7 Å². The maximum absolute atomic E-state index is 2.34. The van der Waals surface area contributed by atoms with Crippen molar-refractivity contribution in [3.63, 3.8) is 0 Å². The Hall–Kier alpha value is -1.08. The van der Waals surface area contributed by atoms with Crippen LogP contribution in [0.15, 0.2) is 35.9 Å². The molecule has 0 unspecified atom stereocenters. The molecule has 1 heteroatoms. The standard InChI is InChI=1S/C13H18N/c1-14(2)9-8-13(11-14)10-12-6-4-3-5-7-12/h3-7,10H,8-9,11H2,1-2H3/q+1/b13-10-. The molecule has 0 aliphatic carbocycles. The molecular weight excluding hydrogens is 170 g/mol. The number of nitrogens with zero attached hydrogens (tertiary/aromatic N) is 1. The van der Waals surface area contributed by atoms with Crippen LogP contribution in [0.3, 0.4) is 0 Å². The lowest BCUT2D eigenvalue weighted by Crippen LogP contribution is -2.35. The van der Waals surface area contributed by atoms with Crippen molar-refractivity contribution in [1.29, 1.82) is 0 Å². The van der Waals surface area contributed by atoms with E-state index in [2.05, 4.69) is 50.5 Å². The fourth-order valence-electron chi connectivity index (χ4n) is 2.06. The first-order valence-corrected chi connectivity index (χ1v) is 5.22. The molecule has 0 spiro atoms. The molecule has 1 nitrogen and oxygen atoms in total. The van der Waals surface area contributed by atoms with Gasteiger partial charge in [0.25, 0.3) is 0 Å². The van der Waals surface area contributed by atoms with E-state index >= 15 is 0 Å². The first kappa shape index (κ1) is 9.47. The monoisotopic (exact) mass is 188 g/mol. The van der Waals surface area contributed by atoms with Crippen molar-refractivity contribution in [2.75, 3.05) is 27.2 Å². The molecule has 1 heterocycles. The summed E-state index contributed by atoms with van der Waals surface area (Å²) in [5, 5.41) is 0. The van der Waals surface area contributed by atoms with Gasteiger partial charge in [-0.1, -0.05) is 30.3 Å². The lowest BCUT2D eigenvalue weighted by atomic mass is 10.1. The highest BCUT2D eigenvalue weighted by Gasteiger charge is 2.24. The van der Waals surface area contributed by atoms with Crippen molar-refractivity contribution in [3.05, 3.63) is 41.5 Å². The summed E-state index contributed by atoms with van der Waals surface area (Å²) in [6.07, 6.45) is 3.59. The van der Waals surface area contributed by atoms with Crippen molar-refractivity contribution in [1.82, 2.24) is 0 Å². The zero-order valence-corrected chi connectivity index (χ0v) is 9.03.